The van der Waals surface area contributed by atoms with Gasteiger partial charge in [0.25, 0.3) is 0 Å². The summed E-state index contributed by atoms with van der Waals surface area (Å²) in [4.78, 5) is 17.4. The van der Waals surface area contributed by atoms with Crippen molar-refractivity contribution in [2.45, 2.75) is 13.5 Å². The van der Waals surface area contributed by atoms with E-state index in [1.165, 1.54) is 18.1 Å². The Kier molecular flexibility index (Phi) is 7.15. The number of aliphatic imine (C=N–C) groups is 1. The van der Waals surface area contributed by atoms with E-state index in [4.69, 9.17) is 4.74 Å². The number of carbonyl (C=O) groups is 1. The minimum absolute atomic E-state index is 0.0545. The van der Waals surface area contributed by atoms with Crippen molar-refractivity contribution in [3.8, 4) is 5.75 Å². The fraction of sp³-hybridized carbons (Fsp3) is 0.467. The lowest BCUT2D eigenvalue weighted by Crippen LogP contribution is -2.42. The van der Waals surface area contributed by atoms with Crippen LogP contribution in [0.1, 0.15) is 12.5 Å². The number of rotatable bonds is 6. The van der Waals surface area contributed by atoms with Crippen LogP contribution < -0.4 is 15.4 Å². The standard InChI is InChI=1S/C15H23FN4O2/c1-5-17-15(19-10-14(21)20(2)3)18-9-11-6-7-13(22-4)12(16)8-11/h6-8H,5,9-10H2,1-4H3,(H2,17,18,19). The number of ether oxygens (including phenoxy) is 1. The Morgan fingerprint density at radius 3 is 2.64 bits per heavy atom. The van der Waals surface area contributed by atoms with Crippen LogP contribution in [-0.4, -0.2) is 51.1 Å². The van der Waals surface area contributed by atoms with Crippen molar-refractivity contribution in [1.29, 1.82) is 0 Å². The molecule has 0 heterocycles. The maximum atomic E-state index is 13.6. The van der Waals surface area contributed by atoms with Crippen molar-refractivity contribution in [1.82, 2.24) is 15.5 Å². The number of halogens is 1. The molecule has 1 amide bonds. The summed E-state index contributed by atoms with van der Waals surface area (Å²) in [7, 11) is 4.80. The second-order valence-electron chi connectivity index (χ2n) is 4.81. The van der Waals surface area contributed by atoms with Crippen LogP contribution in [0.15, 0.2) is 23.2 Å². The van der Waals surface area contributed by atoms with Crippen LogP contribution in [0.2, 0.25) is 0 Å². The minimum Gasteiger partial charge on any atom is -0.494 e. The molecule has 2 N–H and O–H groups in total. The van der Waals surface area contributed by atoms with Crippen molar-refractivity contribution in [3.05, 3.63) is 29.6 Å². The first-order valence-electron chi connectivity index (χ1n) is 7.02. The molecule has 0 fully saturated rings. The predicted molar refractivity (Wildman–Crippen MR) is 84.5 cm³/mol. The van der Waals surface area contributed by atoms with Crippen molar-refractivity contribution in [3.63, 3.8) is 0 Å². The van der Waals surface area contributed by atoms with Gasteiger partial charge < -0.3 is 20.3 Å². The number of likely N-dealkylation sites (N-methyl/N-ethyl adjacent to an activating group) is 1. The highest BCUT2D eigenvalue weighted by molar-refractivity contribution is 5.86. The van der Waals surface area contributed by atoms with Gasteiger partial charge in [-0.25, -0.2) is 9.38 Å². The molecule has 6 nitrogen and oxygen atoms in total. The third-order valence-corrected chi connectivity index (χ3v) is 2.89. The highest BCUT2D eigenvalue weighted by Crippen LogP contribution is 2.17. The summed E-state index contributed by atoms with van der Waals surface area (Å²) < 4.78 is 18.5. The molecule has 0 spiro atoms. The molecule has 1 rings (SSSR count). The second kappa shape index (κ2) is 8.86. The smallest absolute Gasteiger partial charge is 0.241 e. The Morgan fingerprint density at radius 1 is 1.36 bits per heavy atom. The molecule has 0 aliphatic rings. The molecule has 0 saturated carbocycles. The average Bonchev–Trinajstić information content (AvgIpc) is 2.49. The minimum atomic E-state index is -0.420. The Hall–Kier alpha value is -2.31. The van der Waals surface area contributed by atoms with E-state index in [1.807, 2.05) is 6.92 Å². The van der Waals surface area contributed by atoms with E-state index in [-0.39, 0.29) is 18.2 Å². The lowest BCUT2D eigenvalue weighted by molar-refractivity contribution is -0.127. The van der Waals surface area contributed by atoms with E-state index >= 15 is 0 Å². The highest BCUT2D eigenvalue weighted by Gasteiger charge is 2.06. The van der Waals surface area contributed by atoms with Crippen LogP contribution in [0.4, 0.5) is 4.39 Å². The average molecular weight is 310 g/mol. The van der Waals surface area contributed by atoms with Crippen LogP contribution in [0.3, 0.4) is 0 Å². The molecule has 0 radical (unpaired) electrons. The molecule has 1 aromatic carbocycles. The number of methoxy groups -OCH3 is 1. The molecule has 0 aromatic heterocycles. The molecule has 0 aliphatic heterocycles. The molecule has 1 aromatic rings. The summed E-state index contributed by atoms with van der Waals surface area (Å²) in [6.07, 6.45) is 0. The molecular weight excluding hydrogens is 287 g/mol. The number of hydrogen-bond acceptors (Lipinski definition) is 3. The van der Waals surface area contributed by atoms with Crippen LogP contribution >= 0.6 is 0 Å². The van der Waals surface area contributed by atoms with E-state index in [0.717, 1.165) is 5.56 Å². The van der Waals surface area contributed by atoms with Gasteiger partial charge in [-0.1, -0.05) is 6.07 Å². The number of guanidine groups is 1. The van der Waals surface area contributed by atoms with Crippen molar-refractivity contribution in [2.24, 2.45) is 4.99 Å². The number of benzene rings is 1. The number of hydrogen-bond donors (Lipinski definition) is 2. The van der Waals surface area contributed by atoms with Gasteiger partial charge in [-0.3, -0.25) is 4.79 Å². The number of carbonyl (C=O) groups excluding carboxylic acids is 1. The Labute approximate surface area is 130 Å². The number of nitrogens with one attached hydrogen (secondary N) is 2. The summed E-state index contributed by atoms with van der Waals surface area (Å²) in [5.41, 5.74) is 0.717. The number of amides is 1. The van der Waals surface area contributed by atoms with Crippen LogP contribution in [-0.2, 0) is 11.3 Å². The van der Waals surface area contributed by atoms with E-state index in [2.05, 4.69) is 15.6 Å². The Morgan fingerprint density at radius 2 is 2.09 bits per heavy atom. The first-order valence-corrected chi connectivity index (χ1v) is 7.02. The van der Waals surface area contributed by atoms with Gasteiger partial charge >= 0.3 is 0 Å². The molecule has 0 atom stereocenters. The third-order valence-electron chi connectivity index (χ3n) is 2.89. The lowest BCUT2D eigenvalue weighted by Gasteiger charge is -2.14. The van der Waals surface area contributed by atoms with Crippen molar-refractivity contribution in [2.75, 3.05) is 34.3 Å². The van der Waals surface area contributed by atoms with Gasteiger partial charge in [0.2, 0.25) is 5.91 Å². The zero-order valence-electron chi connectivity index (χ0n) is 13.4. The normalized spacial score (nSPS) is 11.0. The monoisotopic (exact) mass is 310 g/mol. The zero-order valence-corrected chi connectivity index (χ0v) is 13.4. The second-order valence-corrected chi connectivity index (χ2v) is 4.81. The highest BCUT2D eigenvalue weighted by atomic mass is 19.1. The van der Waals surface area contributed by atoms with Gasteiger partial charge in [0.1, 0.15) is 0 Å². The molecule has 0 unspecified atom stereocenters. The van der Waals surface area contributed by atoms with Gasteiger partial charge in [0, 0.05) is 20.6 Å². The van der Waals surface area contributed by atoms with Gasteiger partial charge in [-0.2, -0.15) is 0 Å². The van der Waals surface area contributed by atoms with E-state index in [9.17, 15) is 9.18 Å². The summed E-state index contributed by atoms with van der Waals surface area (Å²) >= 11 is 0. The molecule has 0 aliphatic carbocycles. The maximum Gasteiger partial charge on any atom is 0.241 e. The Balaban J connectivity index is 2.69. The summed E-state index contributed by atoms with van der Waals surface area (Å²) in [5, 5.41) is 5.97. The molecule has 7 heteroatoms. The van der Waals surface area contributed by atoms with Crippen molar-refractivity contribution >= 4 is 11.9 Å². The van der Waals surface area contributed by atoms with Crippen molar-refractivity contribution < 1.29 is 13.9 Å². The van der Waals surface area contributed by atoms with E-state index in [1.54, 1.807) is 26.2 Å². The Bertz CT molecular complexity index is 532. The third kappa shape index (κ3) is 5.59. The largest absolute Gasteiger partial charge is 0.494 e. The molecule has 0 bridgehead atoms. The first kappa shape index (κ1) is 17.7. The van der Waals surface area contributed by atoms with E-state index in [0.29, 0.717) is 19.0 Å². The predicted octanol–water partition coefficient (Wildman–Crippen LogP) is 0.978. The first-order chi connectivity index (χ1) is 10.5. The fourth-order valence-electron chi connectivity index (χ4n) is 1.64. The molecule has 0 saturated heterocycles. The SMILES string of the molecule is CCNC(=NCc1ccc(OC)c(F)c1)NCC(=O)N(C)C. The van der Waals surface area contributed by atoms with Crippen LogP contribution in [0.25, 0.3) is 0 Å². The van der Waals surface area contributed by atoms with E-state index < -0.39 is 5.82 Å². The lowest BCUT2D eigenvalue weighted by atomic mass is 10.2. The molecule has 122 valence electrons. The molecular formula is C15H23FN4O2. The van der Waals surface area contributed by atoms with Gasteiger partial charge in [-0.15, -0.1) is 0 Å². The van der Waals surface area contributed by atoms with Crippen LogP contribution in [0, 0.1) is 5.82 Å². The topological polar surface area (TPSA) is 66.0 Å². The summed E-state index contributed by atoms with van der Waals surface area (Å²) in [5.74, 6) is 0.236. The zero-order chi connectivity index (χ0) is 16.5. The van der Waals surface area contributed by atoms with Gasteiger partial charge in [0.15, 0.2) is 17.5 Å². The van der Waals surface area contributed by atoms with Crippen LogP contribution in [0.5, 0.6) is 5.75 Å². The van der Waals surface area contributed by atoms with Gasteiger partial charge in [0.05, 0.1) is 20.2 Å². The van der Waals surface area contributed by atoms with Gasteiger partial charge in [-0.05, 0) is 24.6 Å². The quantitative estimate of drug-likeness (QED) is 0.607. The summed E-state index contributed by atoms with van der Waals surface area (Å²) in [6.45, 7) is 3.04. The number of nitrogens with zero attached hydrogens (tertiary/aromatic N) is 2. The molecule has 22 heavy (non-hydrogen) atoms. The summed E-state index contributed by atoms with van der Waals surface area (Å²) in [6, 6.07) is 4.70. The maximum absolute atomic E-state index is 13.6. The fourth-order valence-corrected chi connectivity index (χ4v) is 1.64.